The Hall–Kier alpha value is -3.35. The van der Waals surface area contributed by atoms with Crippen LogP contribution in [0.3, 0.4) is 0 Å². The molecule has 4 rings (SSSR count). The first kappa shape index (κ1) is 16.1. The van der Waals surface area contributed by atoms with Crippen molar-refractivity contribution in [1.29, 1.82) is 0 Å². The van der Waals surface area contributed by atoms with Crippen LogP contribution in [-0.4, -0.2) is 17.2 Å². The van der Waals surface area contributed by atoms with Crippen molar-refractivity contribution >= 4 is 5.91 Å². The molecule has 3 aromatic rings. The summed E-state index contributed by atoms with van der Waals surface area (Å²) in [5, 5.41) is 6.68. The van der Waals surface area contributed by atoms with Crippen LogP contribution in [0.15, 0.2) is 56.4 Å². The Morgan fingerprint density at radius 1 is 1.27 bits per heavy atom. The maximum atomic E-state index is 12.0. The van der Waals surface area contributed by atoms with Crippen molar-refractivity contribution in [3.8, 4) is 17.1 Å². The average molecular weight is 352 g/mol. The highest BCUT2D eigenvalue weighted by Crippen LogP contribution is 2.33. The van der Waals surface area contributed by atoms with Gasteiger partial charge < -0.3 is 19.0 Å². The van der Waals surface area contributed by atoms with E-state index < -0.39 is 5.63 Å². The van der Waals surface area contributed by atoms with Gasteiger partial charge in [0.1, 0.15) is 23.8 Å². The van der Waals surface area contributed by atoms with Gasteiger partial charge >= 0.3 is 5.63 Å². The standard InChI is InChI=1S/C19H16N2O5/c1-11-6-12-2-3-13(7-16(12)25-11)17-8-15(21-26-17)9-20-19(23)14-4-5-18(22)24-10-14/h2-5,7-8,10-11H,6,9H2,1H3,(H,20,23). The zero-order valence-corrected chi connectivity index (χ0v) is 14.0. The number of benzene rings is 1. The normalized spacial score (nSPS) is 15.3. The second-order valence-electron chi connectivity index (χ2n) is 6.16. The van der Waals surface area contributed by atoms with E-state index in [0.717, 1.165) is 24.0 Å². The molecule has 1 aromatic carbocycles. The number of hydrogen-bond donors (Lipinski definition) is 1. The Kier molecular flexibility index (Phi) is 4.04. The summed E-state index contributed by atoms with van der Waals surface area (Å²) >= 11 is 0. The van der Waals surface area contributed by atoms with Crippen molar-refractivity contribution in [2.24, 2.45) is 0 Å². The van der Waals surface area contributed by atoms with Gasteiger partial charge in [0.25, 0.3) is 5.91 Å². The van der Waals surface area contributed by atoms with E-state index in [1.165, 1.54) is 17.7 Å². The Bertz CT molecular complexity index is 1000. The van der Waals surface area contributed by atoms with Crippen molar-refractivity contribution in [3.63, 3.8) is 0 Å². The van der Waals surface area contributed by atoms with Crippen molar-refractivity contribution in [1.82, 2.24) is 10.5 Å². The molecule has 3 heterocycles. The van der Waals surface area contributed by atoms with Gasteiger partial charge in [0.05, 0.1) is 12.1 Å². The summed E-state index contributed by atoms with van der Waals surface area (Å²) in [7, 11) is 0. The third-order valence-electron chi connectivity index (χ3n) is 4.14. The summed E-state index contributed by atoms with van der Waals surface area (Å²) in [6.07, 6.45) is 2.21. The lowest BCUT2D eigenvalue weighted by molar-refractivity contribution is 0.0947. The van der Waals surface area contributed by atoms with Crippen molar-refractivity contribution in [2.75, 3.05) is 0 Å². The van der Waals surface area contributed by atoms with Gasteiger partial charge in [-0.15, -0.1) is 0 Å². The van der Waals surface area contributed by atoms with Crippen molar-refractivity contribution in [2.45, 2.75) is 26.0 Å². The van der Waals surface area contributed by atoms with Gasteiger partial charge in [-0.25, -0.2) is 4.79 Å². The molecule has 1 aliphatic rings. The van der Waals surface area contributed by atoms with E-state index >= 15 is 0 Å². The molecular weight excluding hydrogens is 336 g/mol. The molecule has 0 fully saturated rings. The fraction of sp³-hybridized carbons (Fsp3) is 0.211. The molecule has 0 bridgehead atoms. The van der Waals surface area contributed by atoms with Gasteiger partial charge in [0.15, 0.2) is 5.76 Å². The van der Waals surface area contributed by atoms with E-state index in [1.54, 1.807) is 6.07 Å². The van der Waals surface area contributed by atoms with Gasteiger partial charge in [-0.05, 0) is 24.6 Å². The average Bonchev–Trinajstić information content (AvgIpc) is 3.25. The molecule has 1 aliphatic heterocycles. The van der Waals surface area contributed by atoms with E-state index in [0.29, 0.717) is 11.5 Å². The Labute approximate surface area is 148 Å². The monoisotopic (exact) mass is 352 g/mol. The predicted molar refractivity (Wildman–Crippen MR) is 91.9 cm³/mol. The molecule has 132 valence electrons. The Morgan fingerprint density at radius 3 is 2.96 bits per heavy atom. The van der Waals surface area contributed by atoms with Crippen LogP contribution in [0.2, 0.25) is 0 Å². The number of fused-ring (bicyclic) bond motifs is 1. The minimum atomic E-state index is -0.504. The highest BCUT2D eigenvalue weighted by Gasteiger charge is 2.20. The molecule has 0 aliphatic carbocycles. The van der Waals surface area contributed by atoms with Crippen LogP contribution in [0.5, 0.6) is 5.75 Å². The predicted octanol–water partition coefficient (Wildman–Crippen LogP) is 2.55. The number of carbonyl (C=O) groups excluding carboxylic acids is 1. The number of amides is 1. The molecule has 2 aromatic heterocycles. The fourth-order valence-electron chi connectivity index (χ4n) is 2.85. The van der Waals surface area contributed by atoms with Gasteiger partial charge in [0, 0.05) is 24.1 Å². The smallest absolute Gasteiger partial charge is 0.335 e. The molecule has 0 radical (unpaired) electrons. The summed E-state index contributed by atoms with van der Waals surface area (Å²) in [5.41, 5.74) is 2.39. The first-order valence-electron chi connectivity index (χ1n) is 8.21. The second-order valence-corrected chi connectivity index (χ2v) is 6.16. The molecule has 1 amide bonds. The summed E-state index contributed by atoms with van der Waals surface area (Å²) in [5.74, 6) is 1.11. The molecule has 1 unspecified atom stereocenters. The van der Waals surface area contributed by atoms with Crippen LogP contribution in [0.4, 0.5) is 0 Å². The molecule has 7 heteroatoms. The summed E-state index contributed by atoms with van der Waals surface area (Å²) < 4.78 is 15.8. The molecule has 7 nitrogen and oxygen atoms in total. The van der Waals surface area contributed by atoms with Gasteiger partial charge in [-0.3, -0.25) is 4.79 Å². The van der Waals surface area contributed by atoms with E-state index in [9.17, 15) is 9.59 Å². The quantitative estimate of drug-likeness (QED) is 0.775. The van der Waals surface area contributed by atoms with Crippen LogP contribution < -0.4 is 15.7 Å². The Balaban J connectivity index is 1.44. The lowest BCUT2D eigenvalue weighted by atomic mass is 10.1. The number of carbonyl (C=O) groups is 1. The highest BCUT2D eigenvalue weighted by molar-refractivity contribution is 5.93. The maximum Gasteiger partial charge on any atom is 0.335 e. The molecule has 1 N–H and O–H groups in total. The molecular formula is C19H16N2O5. The van der Waals surface area contributed by atoms with Crippen molar-refractivity contribution in [3.05, 3.63) is 69.9 Å². The highest BCUT2D eigenvalue weighted by atomic mass is 16.5. The molecule has 26 heavy (non-hydrogen) atoms. The lowest BCUT2D eigenvalue weighted by Gasteiger charge is -2.03. The summed E-state index contributed by atoms with van der Waals surface area (Å²) in [6.45, 7) is 2.23. The summed E-state index contributed by atoms with van der Waals surface area (Å²) in [4.78, 5) is 22.9. The van der Waals surface area contributed by atoms with E-state index in [2.05, 4.69) is 14.9 Å². The Morgan fingerprint density at radius 2 is 2.15 bits per heavy atom. The first-order valence-corrected chi connectivity index (χ1v) is 8.21. The molecule has 0 saturated carbocycles. The maximum absolute atomic E-state index is 12.0. The SMILES string of the molecule is CC1Cc2ccc(-c3cc(CNC(=O)c4ccc(=O)oc4)no3)cc2O1. The van der Waals surface area contributed by atoms with Crippen LogP contribution in [0.1, 0.15) is 28.5 Å². The number of aromatic nitrogens is 1. The molecule has 0 spiro atoms. The van der Waals surface area contributed by atoms with Gasteiger partial charge in [-0.1, -0.05) is 17.3 Å². The van der Waals surface area contributed by atoms with Crippen LogP contribution in [0.25, 0.3) is 11.3 Å². The summed E-state index contributed by atoms with van der Waals surface area (Å²) in [6, 6.07) is 10.3. The lowest BCUT2D eigenvalue weighted by Crippen LogP contribution is -2.23. The van der Waals surface area contributed by atoms with Crippen LogP contribution in [-0.2, 0) is 13.0 Å². The first-order chi connectivity index (χ1) is 12.6. The fourth-order valence-corrected chi connectivity index (χ4v) is 2.85. The zero-order chi connectivity index (χ0) is 18.1. The van der Waals surface area contributed by atoms with Crippen LogP contribution >= 0.6 is 0 Å². The molecule has 0 saturated heterocycles. The van der Waals surface area contributed by atoms with E-state index in [1.807, 2.05) is 25.1 Å². The van der Waals surface area contributed by atoms with Crippen LogP contribution in [0, 0.1) is 0 Å². The zero-order valence-electron chi connectivity index (χ0n) is 14.0. The van der Waals surface area contributed by atoms with Gasteiger partial charge in [-0.2, -0.15) is 0 Å². The van der Waals surface area contributed by atoms with E-state index in [4.69, 9.17) is 9.26 Å². The number of nitrogens with zero attached hydrogens (tertiary/aromatic N) is 1. The number of hydrogen-bond acceptors (Lipinski definition) is 6. The third kappa shape index (κ3) is 3.23. The number of rotatable bonds is 4. The largest absolute Gasteiger partial charge is 0.490 e. The number of ether oxygens (including phenoxy) is 1. The van der Waals surface area contributed by atoms with Gasteiger partial charge in [0.2, 0.25) is 0 Å². The topological polar surface area (TPSA) is 94.6 Å². The minimum Gasteiger partial charge on any atom is -0.490 e. The third-order valence-corrected chi connectivity index (χ3v) is 4.14. The van der Waals surface area contributed by atoms with Crippen molar-refractivity contribution < 1.29 is 18.5 Å². The van der Waals surface area contributed by atoms with E-state index in [-0.39, 0.29) is 24.1 Å². The number of nitrogens with one attached hydrogen (secondary N) is 1. The molecule has 1 atom stereocenters. The second kappa shape index (κ2) is 6.51. The minimum absolute atomic E-state index is 0.183.